The molecule has 0 aliphatic heterocycles. The van der Waals surface area contributed by atoms with E-state index in [-0.39, 0.29) is 18.9 Å². The summed E-state index contributed by atoms with van der Waals surface area (Å²) in [7, 11) is 0. The number of amides is 2. The number of aryl methyl sites for hydroxylation is 1. The Morgan fingerprint density at radius 2 is 1.82 bits per heavy atom. The number of carbonyl (C=O) groups excluding carboxylic acids is 2. The molecule has 3 N–H and O–H groups in total. The zero-order valence-corrected chi connectivity index (χ0v) is 18.0. The van der Waals surface area contributed by atoms with Crippen molar-refractivity contribution in [1.82, 2.24) is 10.9 Å². The summed E-state index contributed by atoms with van der Waals surface area (Å²) in [5, 5.41) is 3.39. The van der Waals surface area contributed by atoms with Crippen molar-refractivity contribution in [2.45, 2.75) is 13.3 Å². The molecule has 28 heavy (non-hydrogen) atoms. The maximum Gasteiger partial charge on any atom is 0.276 e. The number of halogens is 3. The molecule has 0 atom stereocenters. The lowest BCUT2D eigenvalue weighted by molar-refractivity contribution is -0.124. The number of hydrogen-bond acceptors (Lipinski definition) is 4. The monoisotopic (exact) mass is 485 g/mol. The van der Waals surface area contributed by atoms with E-state index in [0.29, 0.717) is 27.2 Å². The van der Waals surface area contributed by atoms with Crippen LogP contribution in [0.4, 0.5) is 5.69 Å². The number of carbonyl (C=O) groups is 2. The molecule has 0 unspecified atom stereocenters. The maximum atomic E-state index is 12.0. The van der Waals surface area contributed by atoms with Crippen LogP contribution >= 0.6 is 39.1 Å². The molecule has 148 valence electrons. The van der Waals surface area contributed by atoms with Gasteiger partial charge in [-0.25, -0.2) is 0 Å². The largest absolute Gasteiger partial charge is 0.483 e. The van der Waals surface area contributed by atoms with Gasteiger partial charge in [-0.3, -0.25) is 15.0 Å². The predicted molar refractivity (Wildman–Crippen MR) is 115 cm³/mol. The lowest BCUT2D eigenvalue weighted by Crippen LogP contribution is -2.40. The van der Waals surface area contributed by atoms with Crippen molar-refractivity contribution < 1.29 is 14.3 Å². The lowest BCUT2D eigenvalue weighted by atomic mass is 10.2. The highest BCUT2D eigenvalue weighted by atomic mass is 79.9. The normalized spacial score (nSPS) is 10.1. The van der Waals surface area contributed by atoms with Crippen LogP contribution in [0.5, 0.6) is 5.75 Å². The molecule has 2 aromatic rings. The lowest BCUT2D eigenvalue weighted by Gasteiger charge is -2.13. The Hall–Kier alpha value is -2.22. The fourth-order valence-electron chi connectivity index (χ4n) is 2.08. The molecule has 0 aliphatic carbocycles. The first-order valence-corrected chi connectivity index (χ1v) is 9.66. The molecule has 9 heteroatoms. The quantitative estimate of drug-likeness (QED) is 0.476. The van der Waals surface area contributed by atoms with Gasteiger partial charge in [0.25, 0.3) is 5.91 Å². The molecule has 6 nitrogen and oxygen atoms in total. The molecular formula is C19H18BrCl2N3O3. The van der Waals surface area contributed by atoms with E-state index in [4.69, 9.17) is 27.9 Å². The van der Waals surface area contributed by atoms with Crippen LogP contribution in [0, 0.1) is 6.92 Å². The van der Waals surface area contributed by atoms with E-state index in [1.807, 2.05) is 19.1 Å². The molecular weight excluding hydrogens is 469 g/mol. The first kappa shape index (κ1) is 22.1. The second kappa shape index (κ2) is 10.4. The average molecular weight is 487 g/mol. The first-order valence-electron chi connectivity index (χ1n) is 8.11. The van der Waals surface area contributed by atoms with Gasteiger partial charge in [-0.1, -0.05) is 35.8 Å². The highest BCUT2D eigenvalue weighted by Crippen LogP contribution is 2.26. The van der Waals surface area contributed by atoms with Crippen molar-refractivity contribution in [3.05, 3.63) is 68.8 Å². The van der Waals surface area contributed by atoms with Gasteiger partial charge in [0.2, 0.25) is 5.91 Å². The van der Waals surface area contributed by atoms with E-state index in [1.165, 1.54) is 0 Å². The predicted octanol–water partition coefficient (Wildman–Crippen LogP) is 4.61. The topological polar surface area (TPSA) is 79.5 Å². The van der Waals surface area contributed by atoms with Gasteiger partial charge in [-0.05, 0) is 58.7 Å². The van der Waals surface area contributed by atoms with E-state index in [0.717, 1.165) is 10.0 Å². The van der Waals surface area contributed by atoms with Crippen LogP contribution in [0.1, 0.15) is 12.0 Å². The van der Waals surface area contributed by atoms with Gasteiger partial charge in [0, 0.05) is 11.4 Å². The Balaban J connectivity index is 1.72. The van der Waals surface area contributed by atoms with Crippen molar-refractivity contribution in [3.63, 3.8) is 0 Å². The molecule has 0 radical (unpaired) electrons. The maximum absolute atomic E-state index is 12.0. The van der Waals surface area contributed by atoms with Crippen LogP contribution in [-0.4, -0.2) is 18.4 Å². The number of hydrazine groups is 1. The van der Waals surface area contributed by atoms with Crippen molar-refractivity contribution in [1.29, 1.82) is 0 Å². The van der Waals surface area contributed by atoms with Crippen LogP contribution in [0.15, 0.2) is 53.1 Å². The zero-order chi connectivity index (χ0) is 20.7. The summed E-state index contributed by atoms with van der Waals surface area (Å²) < 4.78 is 6.20. The first-order chi connectivity index (χ1) is 13.2. The Bertz CT molecular complexity index is 906. The van der Waals surface area contributed by atoms with E-state index in [9.17, 15) is 9.59 Å². The Labute approximate surface area is 181 Å². The summed E-state index contributed by atoms with van der Waals surface area (Å²) in [4.78, 5) is 23.9. The van der Waals surface area contributed by atoms with E-state index < -0.39 is 5.91 Å². The second-order valence-corrected chi connectivity index (χ2v) is 7.52. The summed E-state index contributed by atoms with van der Waals surface area (Å²) in [6.45, 7) is 5.46. The minimum absolute atomic E-state index is 0.0507. The van der Waals surface area contributed by atoms with E-state index in [1.54, 1.807) is 24.3 Å². The Morgan fingerprint density at radius 3 is 2.50 bits per heavy atom. The van der Waals surface area contributed by atoms with Gasteiger partial charge in [0.1, 0.15) is 5.75 Å². The fourth-order valence-corrected chi connectivity index (χ4v) is 2.98. The Morgan fingerprint density at radius 1 is 1.07 bits per heavy atom. The van der Waals surface area contributed by atoms with Crippen molar-refractivity contribution in [2.24, 2.45) is 0 Å². The molecule has 2 amide bonds. The molecule has 0 saturated carbocycles. The van der Waals surface area contributed by atoms with Crippen LogP contribution in [0.2, 0.25) is 10.0 Å². The average Bonchev–Trinajstić information content (AvgIpc) is 2.62. The van der Waals surface area contributed by atoms with Gasteiger partial charge in [0.15, 0.2) is 6.61 Å². The van der Waals surface area contributed by atoms with Gasteiger partial charge in [-0.15, -0.1) is 0 Å². The van der Waals surface area contributed by atoms with Crippen LogP contribution < -0.4 is 20.9 Å². The summed E-state index contributed by atoms with van der Waals surface area (Å²) in [6, 6.07) is 10.3. The number of anilines is 1. The van der Waals surface area contributed by atoms with Gasteiger partial charge in [0.05, 0.1) is 20.9 Å². The minimum atomic E-state index is -0.418. The van der Waals surface area contributed by atoms with Crippen molar-refractivity contribution in [3.8, 4) is 5.75 Å². The standard InChI is InChI=1S/C19H18BrCl2N3O3/c1-11-3-6-17(14(20)7-11)28-10-19(27)25-24-12(2)8-18(26)23-13-4-5-15(21)16(22)9-13/h3-7,9,24H,2,8,10H2,1H3,(H,23,26)(H,25,27). The highest BCUT2D eigenvalue weighted by molar-refractivity contribution is 9.10. The van der Waals surface area contributed by atoms with Crippen LogP contribution in [0.25, 0.3) is 0 Å². The number of nitrogens with one attached hydrogen (secondary N) is 3. The molecule has 0 aromatic heterocycles. The van der Waals surface area contributed by atoms with E-state index in [2.05, 4.69) is 38.7 Å². The molecule has 0 spiro atoms. The summed E-state index contributed by atoms with van der Waals surface area (Å²) >= 11 is 15.1. The third-order valence-electron chi connectivity index (χ3n) is 3.40. The Kier molecular flexibility index (Phi) is 8.17. The molecule has 0 heterocycles. The zero-order valence-electron chi connectivity index (χ0n) is 14.9. The number of ether oxygens (including phenoxy) is 1. The molecule has 0 fully saturated rings. The summed E-state index contributed by atoms with van der Waals surface area (Å²) in [6.07, 6.45) is -0.0507. The van der Waals surface area contributed by atoms with E-state index >= 15 is 0 Å². The summed E-state index contributed by atoms with van der Waals surface area (Å²) in [5.74, 6) is -0.191. The van der Waals surface area contributed by atoms with Gasteiger partial charge >= 0.3 is 0 Å². The number of rotatable bonds is 8. The fraction of sp³-hybridized carbons (Fsp3) is 0.158. The SMILES string of the molecule is C=C(CC(=O)Nc1ccc(Cl)c(Cl)c1)NNC(=O)COc1ccc(C)cc1Br. The van der Waals surface area contributed by atoms with Crippen molar-refractivity contribution in [2.75, 3.05) is 11.9 Å². The summed E-state index contributed by atoms with van der Waals surface area (Å²) in [5.41, 5.74) is 6.89. The van der Waals surface area contributed by atoms with Crippen molar-refractivity contribution >= 4 is 56.6 Å². The molecule has 0 aliphatic rings. The number of hydrogen-bond donors (Lipinski definition) is 3. The smallest absolute Gasteiger partial charge is 0.276 e. The third kappa shape index (κ3) is 7.07. The van der Waals surface area contributed by atoms with Crippen LogP contribution in [-0.2, 0) is 9.59 Å². The second-order valence-electron chi connectivity index (χ2n) is 5.85. The van der Waals surface area contributed by atoms with Crippen LogP contribution in [0.3, 0.4) is 0 Å². The highest BCUT2D eigenvalue weighted by Gasteiger charge is 2.09. The van der Waals surface area contributed by atoms with Gasteiger partial charge in [-0.2, -0.15) is 0 Å². The van der Waals surface area contributed by atoms with Gasteiger partial charge < -0.3 is 15.5 Å². The molecule has 0 bridgehead atoms. The molecule has 0 saturated heterocycles. The molecule has 2 aromatic carbocycles. The third-order valence-corrected chi connectivity index (χ3v) is 4.76. The number of benzene rings is 2. The minimum Gasteiger partial charge on any atom is -0.483 e. The molecule has 2 rings (SSSR count).